The summed E-state index contributed by atoms with van der Waals surface area (Å²) in [6.45, 7) is 4.44. The lowest BCUT2D eigenvalue weighted by molar-refractivity contribution is -0.151. The van der Waals surface area contributed by atoms with Crippen LogP contribution in [0.25, 0.3) is 22.3 Å². The van der Waals surface area contributed by atoms with Crippen LogP contribution in [0.5, 0.6) is 17.2 Å². The van der Waals surface area contributed by atoms with E-state index in [0.717, 1.165) is 41.2 Å². The number of aliphatic hydroxyl groups excluding tert-OH is 3. The van der Waals surface area contributed by atoms with E-state index in [1.807, 2.05) is 25.8 Å². The number of aliphatic hydroxyl groups is 3. The van der Waals surface area contributed by atoms with Gasteiger partial charge in [-0.1, -0.05) is 20.4 Å². The van der Waals surface area contributed by atoms with Crippen LogP contribution in [-0.2, 0) is 48.4 Å². The second-order valence-electron chi connectivity index (χ2n) is 13.1. The summed E-state index contributed by atoms with van der Waals surface area (Å²) in [6.07, 6.45) is 1.69. The summed E-state index contributed by atoms with van der Waals surface area (Å²) in [4.78, 5) is 57.6. The Kier molecular flexibility index (Phi) is 18.8. The Morgan fingerprint density at radius 3 is 2.31 bits per heavy atom. The van der Waals surface area contributed by atoms with E-state index in [1.165, 1.54) is 12.7 Å². The number of carbonyl (C=O) groups excluding carboxylic acids is 4. The van der Waals surface area contributed by atoms with Crippen molar-refractivity contribution in [2.75, 3.05) is 46.5 Å². The van der Waals surface area contributed by atoms with Crippen molar-refractivity contribution in [3.63, 3.8) is 0 Å². The molecule has 0 bridgehead atoms. The quantitative estimate of drug-likeness (QED) is 0.0710. The van der Waals surface area contributed by atoms with Gasteiger partial charge in [0.05, 0.1) is 48.9 Å². The molecule has 0 spiro atoms. The summed E-state index contributed by atoms with van der Waals surface area (Å²) < 4.78 is 28.8. The molecule has 3 aliphatic rings. The Labute approximate surface area is 342 Å². The maximum absolute atomic E-state index is 13.3. The number of aldehydes is 3. The van der Waals surface area contributed by atoms with Gasteiger partial charge in [0, 0.05) is 42.3 Å². The summed E-state index contributed by atoms with van der Waals surface area (Å²) in [5, 5.41) is 35.2. The lowest BCUT2D eigenvalue weighted by Crippen LogP contribution is -2.31. The SMILES string of the molecule is C.C=O.CCC(C=O)OC(CO)Oc1ccc(CO)cc1NC.CNCC=O.COCc1c(C(O)C=O)cc2n(c1=O)Cc1c-2nc2cc3c(cc2c1C1CC1)OCO3. The van der Waals surface area contributed by atoms with Crippen LogP contribution >= 0.6 is 0 Å². The van der Waals surface area contributed by atoms with E-state index in [9.17, 15) is 29.4 Å². The van der Waals surface area contributed by atoms with Crippen molar-refractivity contribution in [1.82, 2.24) is 14.9 Å². The summed E-state index contributed by atoms with van der Waals surface area (Å²) in [5.74, 6) is 2.26. The lowest BCUT2D eigenvalue weighted by Gasteiger charge is -2.22. The number of hydrogen-bond acceptors (Lipinski definition) is 16. The minimum absolute atomic E-state index is 0. The second kappa shape index (κ2) is 23.1. The van der Waals surface area contributed by atoms with Crippen molar-refractivity contribution in [1.29, 1.82) is 0 Å². The highest BCUT2D eigenvalue weighted by molar-refractivity contribution is 5.91. The number of hydrogen-bond donors (Lipinski definition) is 5. The van der Waals surface area contributed by atoms with Crippen LogP contribution in [0.1, 0.15) is 73.5 Å². The fourth-order valence-corrected chi connectivity index (χ4v) is 6.50. The van der Waals surface area contributed by atoms with Gasteiger partial charge in [0.1, 0.15) is 43.9 Å². The number of methoxy groups -OCH3 is 1. The zero-order chi connectivity index (χ0) is 42.4. The van der Waals surface area contributed by atoms with Crippen LogP contribution in [0.15, 0.2) is 41.2 Å². The first-order chi connectivity index (χ1) is 28.2. The summed E-state index contributed by atoms with van der Waals surface area (Å²) in [6, 6.07) is 10.7. The highest BCUT2D eigenvalue weighted by atomic mass is 16.7. The first-order valence-corrected chi connectivity index (χ1v) is 18.5. The molecule has 320 valence electrons. The van der Waals surface area contributed by atoms with Gasteiger partial charge in [0.2, 0.25) is 13.1 Å². The van der Waals surface area contributed by atoms with Crippen molar-refractivity contribution in [3.05, 3.63) is 74.6 Å². The molecule has 2 aromatic carbocycles. The molecule has 2 aliphatic heterocycles. The van der Waals surface area contributed by atoms with Crippen molar-refractivity contribution in [3.8, 4) is 28.6 Å². The third-order valence-corrected chi connectivity index (χ3v) is 9.41. The lowest BCUT2D eigenvalue weighted by atomic mass is 9.96. The standard InChI is InChI=1S/C23H20N2O6.C14H21NO5.C3H7NO.CH2O.CH4/c1-29-9-15-12(18(27)8-26)4-17-22-14(7-25(17)23(15)28)21(11-2-3-11)13-5-19-20(31-10-30-19)6-16(13)24-22;1-3-11(8-17)19-14(9-18)20-13-5-4-10(7-16)6-12(13)15-2;1-4-2-3-5;1-2;/h4-6,8,11,18,27H,2-3,7,9-10H2,1H3;4-6,8,11,14-16,18H,3,7,9H2,1-2H3;3-4H,2H2,1H3;1H2;1H4. The van der Waals surface area contributed by atoms with Gasteiger partial charge in [-0.3, -0.25) is 4.79 Å². The van der Waals surface area contributed by atoms with E-state index in [0.29, 0.717) is 72.3 Å². The van der Waals surface area contributed by atoms with E-state index in [4.69, 9.17) is 38.6 Å². The molecule has 5 N–H and O–H groups in total. The zero-order valence-corrected chi connectivity index (χ0v) is 32.9. The second-order valence-corrected chi connectivity index (χ2v) is 13.1. The van der Waals surface area contributed by atoms with Gasteiger partial charge in [-0.15, -0.1) is 0 Å². The number of fused-ring (bicyclic) bond motifs is 5. The Morgan fingerprint density at radius 2 is 1.76 bits per heavy atom. The van der Waals surface area contributed by atoms with E-state index in [1.54, 1.807) is 42.9 Å². The average molecular weight is 823 g/mol. The molecule has 3 atom stereocenters. The minimum atomic E-state index is -1.40. The van der Waals surface area contributed by atoms with Crippen LogP contribution in [0.2, 0.25) is 0 Å². The molecule has 0 amide bonds. The molecule has 1 saturated carbocycles. The van der Waals surface area contributed by atoms with Crippen LogP contribution < -0.4 is 30.4 Å². The van der Waals surface area contributed by atoms with Gasteiger partial charge >= 0.3 is 0 Å². The van der Waals surface area contributed by atoms with Crippen LogP contribution in [-0.4, -0.2) is 104 Å². The van der Waals surface area contributed by atoms with E-state index in [2.05, 4.69) is 10.6 Å². The van der Waals surface area contributed by atoms with E-state index >= 15 is 0 Å². The van der Waals surface area contributed by atoms with Crippen molar-refractivity contribution in [2.24, 2.45) is 0 Å². The normalized spacial score (nSPS) is 14.2. The number of nitrogens with one attached hydrogen (secondary N) is 2. The van der Waals surface area contributed by atoms with Crippen molar-refractivity contribution >= 4 is 42.2 Å². The van der Waals surface area contributed by atoms with E-state index < -0.39 is 18.5 Å². The van der Waals surface area contributed by atoms with Crippen LogP contribution in [0.4, 0.5) is 5.69 Å². The number of ether oxygens (including phenoxy) is 5. The number of nitrogens with zero attached hydrogens (tertiary/aromatic N) is 2. The number of anilines is 1. The van der Waals surface area contributed by atoms with Crippen LogP contribution in [0, 0.1) is 0 Å². The number of likely N-dealkylation sites (N-methyl/N-ethyl adjacent to an activating group) is 1. The Hall–Kier alpha value is -5.56. The average Bonchev–Trinajstić information content (AvgIpc) is 3.88. The van der Waals surface area contributed by atoms with Gasteiger partial charge in [-0.2, -0.15) is 0 Å². The van der Waals surface area contributed by atoms with Gasteiger partial charge in [-0.05, 0) is 67.6 Å². The van der Waals surface area contributed by atoms with Gasteiger partial charge in [0.15, 0.2) is 17.8 Å². The maximum Gasteiger partial charge on any atom is 0.257 e. The van der Waals surface area contributed by atoms with Crippen molar-refractivity contribution in [2.45, 2.75) is 77.8 Å². The Morgan fingerprint density at radius 1 is 1.05 bits per heavy atom. The summed E-state index contributed by atoms with van der Waals surface area (Å²) >= 11 is 0. The number of carbonyl (C=O) groups is 4. The molecule has 17 heteroatoms. The predicted octanol–water partition coefficient (Wildman–Crippen LogP) is 3.18. The molecule has 4 aromatic rings. The molecule has 4 heterocycles. The topological polar surface area (TPSA) is 234 Å². The first-order valence-electron chi connectivity index (χ1n) is 18.5. The smallest absolute Gasteiger partial charge is 0.257 e. The molecule has 2 aromatic heterocycles. The number of rotatable bonds is 16. The maximum atomic E-state index is 13.3. The number of benzene rings is 2. The summed E-state index contributed by atoms with van der Waals surface area (Å²) in [5.41, 5.74) is 6.02. The summed E-state index contributed by atoms with van der Waals surface area (Å²) in [7, 11) is 4.93. The molecule has 59 heavy (non-hydrogen) atoms. The van der Waals surface area contributed by atoms with Gasteiger partial charge in [-0.25, -0.2) is 4.98 Å². The fourth-order valence-electron chi connectivity index (χ4n) is 6.50. The zero-order valence-electron chi connectivity index (χ0n) is 32.9. The third kappa shape index (κ3) is 11.1. The molecule has 3 unspecified atom stereocenters. The largest absolute Gasteiger partial charge is 0.460 e. The molecule has 0 radical (unpaired) electrons. The fraction of sp³-hybridized carbons (Fsp3) is 0.429. The minimum Gasteiger partial charge on any atom is -0.460 e. The van der Waals surface area contributed by atoms with Crippen LogP contribution in [0.3, 0.4) is 0 Å². The highest BCUT2D eigenvalue weighted by Gasteiger charge is 2.36. The molecule has 17 nitrogen and oxygen atoms in total. The van der Waals surface area contributed by atoms with Gasteiger partial charge < -0.3 is 73.4 Å². The van der Waals surface area contributed by atoms with E-state index in [-0.39, 0.29) is 50.7 Å². The number of aromatic nitrogens is 2. The molecule has 7 rings (SSSR count). The highest BCUT2D eigenvalue weighted by Crippen LogP contribution is 2.50. The molecule has 1 fully saturated rings. The van der Waals surface area contributed by atoms with Crippen molar-refractivity contribution < 1.29 is 58.2 Å². The monoisotopic (exact) mass is 822 g/mol. The molecular formula is C42H54N4O13. The first kappa shape index (κ1) is 47.8. The van der Waals surface area contributed by atoms with Gasteiger partial charge in [0.25, 0.3) is 5.56 Å². The Balaban J connectivity index is 0.000000288. The predicted molar refractivity (Wildman–Crippen MR) is 219 cm³/mol. The molecule has 0 saturated heterocycles. The molecular weight excluding hydrogens is 768 g/mol. The Bertz CT molecular complexity index is 2100. The molecule has 1 aliphatic carbocycles. The third-order valence-electron chi connectivity index (χ3n) is 9.41. The number of pyridine rings is 2.